The van der Waals surface area contributed by atoms with E-state index in [0.717, 1.165) is 17.5 Å². The van der Waals surface area contributed by atoms with Gasteiger partial charge in [-0.25, -0.2) is 4.79 Å². The van der Waals surface area contributed by atoms with Crippen molar-refractivity contribution >= 4 is 43.3 Å². The minimum absolute atomic E-state index is 0.304. The highest BCUT2D eigenvalue weighted by Gasteiger charge is 2.24. The molecule has 0 amide bonds. The number of rotatable bonds is 8. The number of hydrogen-bond acceptors (Lipinski definition) is 3. The third kappa shape index (κ3) is 5.23. The Balaban J connectivity index is 1.42. The predicted octanol–water partition coefficient (Wildman–Crippen LogP) is 8.44. The molecule has 5 heteroatoms. The van der Waals surface area contributed by atoms with Crippen LogP contribution < -0.4 is 4.74 Å². The second-order valence-electron chi connectivity index (χ2n) is 8.71. The molecule has 1 heterocycles. The second-order valence-corrected chi connectivity index (χ2v) is 11.3. The van der Waals surface area contributed by atoms with E-state index in [9.17, 15) is 9.90 Å². The van der Waals surface area contributed by atoms with Crippen molar-refractivity contribution in [3.8, 4) is 28.0 Å². The largest absolute Gasteiger partial charge is 0.478 e. The molecule has 0 aliphatic heterocycles. The zero-order valence-corrected chi connectivity index (χ0v) is 22.1. The number of fused-ring (bicyclic) bond motifs is 1. The Morgan fingerprint density at radius 3 is 2.06 bits per heavy atom. The Morgan fingerprint density at radius 1 is 0.833 bits per heavy atom. The monoisotopic (exact) mass is 556 g/mol. The Morgan fingerprint density at radius 2 is 1.42 bits per heavy atom. The number of alkyl halides is 1. The number of hydrogen-bond donors (Lipinski definition) is 1. The molecule has 0 aliphatic carbocycles. The SMILES string of the molecule is CC(Br)C(Oc1ccc(-c2ccc(-c3c(Cc4ccccc4)sc4ccccc34)cc2)cc1)C(=O)O. The third-order valence-electron chi connectivity index (χ3n) is 6.16. The van der Waals surface area contributed by atoms with Crippen LogP contribution in [-0.2, 0) is 11.2 Å². The molecule has 3 nitrogen and oxygen atoms in total. The average molecular weight is 558 g/mol. The highest BCUT2D eigenvalue weighted by molar-refractivity contribution is 9.09. The van der Waals surface area contributed by atoms with E-state index in [-0.39, 0.29) is 4.83 Å². The highest BCUT2D eigenvalue weighted by atomic mass is 79.9. The average Bonchev–Trinajstić information content (AvgIpc) is 3.25. The summed E-state index contributed by atoms with van der Waals surface area (Å²) < 4.78 is 6.96. The number of ether oxygens (including phenoxy) is 1. The molecule has 1 aromatic heterocycles. The van der Waals surface area contributed by atoms with Gasteiger partial charge in [-0.15, -0.1) is 11.3 Å². The van der Waals surface area contributed by atoms with Crippen LogP contribution in [0.25, 0.3) is 32.3 Å². The van der Waals surface area contributed by atoms with Crippen LogP contribution in [0.5, 0.6) is 5.75 Å². The van der Waals surface area contributed by atoms with Crippen molar-refractivity contribution in [2.45, 2.75) is 24.3 Å². The standard InChI is InChI=1S/C31H25BrO3S/c1-20(32)30(31(33)34)35-25-17-15-23(16-18-25)22-11-13-24(14-12-22)29-26-9-5-6-10-27(26)36-28(29)19-21-7-3-2-4-8-21/h2-18,20,30H,19H2,1H3,(H,33,34). The van der Waals surface area contributed by atoms with E-state index in [0.29, 0.717) is 5.75 Å². The van der Waals surface area contributed by atoms with Gasteiger partial charge in [-0.3, -0.25) is 0 Å². The van der Waals surface area contributed by atoms with Crippen molar-refractivity contribution in [3.63, 3.8) is 0 Å². The Labute approximate surface area is 223 Å². The minimum Gasteiger partial charge on any atom is -0.478 e. The van der Waals surface area contributed by atoms with Gasteiger partial charge >= 0.3 is 5.97 Å². The summed E-state index contributed by atoms with van der Waals surface area (Å²) in [7, 11) is 0. The van der Waals surface area contributed by atoms with Gasteiger partial charge in [-0.1, -0.05) is 101 Å². The zero-order chi connectivity index (χ0) is 25.1. The molecule has 0 fully saturated rings. The number of aliphatic carboxylic acids is 1. The van der Waals surface area contributed by atoms with Crippen LogP contribution in [0.1, 0.15) is 17.4 Å². The summed E-state index contributed by atoms with van der Waals surface area (Å²) in [6.45, 7) is 1.76. The molecule has 180 valence electrons. The molecule has 0 spiro atoms. The molecule has 2 unspecified atom stereocenters. The lowest BCUT2D eigenvalue weighted by Crippen LogP contribution is -2.34. The number of halogens is 1. The summed E-state index contributed by atoms with van der Waals surface area (Å²) in [6.07, 6.45) is -0.0380. The van der Waals surface area contributed by atoms with Crippen LogP contribution in [-0.4, -0.2) is 22.0 Å². The van der Waals surface area contributed by atoms with Gasteiger partial charge in [0.1, 0.15) is 5.75 Å². The maximum Gasteiger partial charge on any atom is 0.346 e. The lowest BCUT2D eigenvalue weighted by Gasteiger charge is -2.17. The van der Waals surface area contributed by atoms with Crippen molar-refractivity contribution in [1.82, 2.24) is 0 Å². The Bertz CT molecular complexity index is 1470. The van der Waals surface area contributed by atoms with E-state index < -0.39 is 12.1 Å². The summed E-state index contributed by atoms with van der Waals surface area (Å²) >= 11 is 5.17. The summed E-state index contributed by atoms with van der Waals surface area (Å²) in [5.74, 6) is -0.462. The molecule has 0 saturated heterocycles. The van der Waals surface area contributed by atoms with Gasteiger partial charge in [-0.2, -0.15) is 0 Å². The van der Waals surface area contributed by atoms with E-state index in [1.165, 1.54) is 31.7 Å². The van der Waals surface area contributed by atoms with Gasteiger partial charge in [0, 0.05) is 26.9 Å². The fraction of sp³-hybridized carbons (Fsp3) is 0.129. The minimum atomic E-state index is -0.994. The van der Waals surface area contributed by atoms with Crippen LogP contribution in [0, 0.1) is 0 Å². The van der Waals surface area contributed by atoms with E-state index in [2.05, 4.69) is 94.8 Å². The number of carboxylic acids is 1. The summed E-state index contributed by atoms with van der Waals surface area (Å²) in [5, 5.41) is 10.6. The molecular formula is C31H25BrO3S. The van der Waals surface area contributed by atoms with Crippen LogP contribution >= 0.6 is 27.3 Å². The number of carbonyl (C=O) groups is 1. The maximum absolute atomic E-state index is 11.4. The van der Waals surface area contributed by atoms with Crippen molar-refractivity contribution < 1.29 is 14.6 Å². The normalized spacial score (nSPS) is 12.8. The topological polar surface area (TPSA) is 46.5 Å². The van der Waals surface area contributed by atoms with Gasteiger partial charge in [0.15, 0.2) is 0 Å². The first kappa shape index (κ1) is 24.3. The van der Waals surface area contributed by atoms with Crippen molar-refractivity contribution in [2.75, 3.05) is 0 Å². The third-order valence-corrected chi connectivity index (χ3v) is 7.81. The Hall–Kier alpha value is -3.41. The molecule has 2 atom stereocenters. The number of carboxylic acid groups (broad SMARTS) is 1. The molecule has 0 saturated carbocycles. The molecule has 5 rings (SSSR count). The zero-order valence-electron chi connectivity index (χ0n) is 19.7. The van der Waals surface area contributed by atoms with E-state index in [1.807, 2.05) is 35.6 Å². The summed E-state index contributed by atoms with van der Waals surface area (Å²) in [5.41, 5.74) is 5.96. The van der Waals surface area contributed by atoms with Gasteiger partial charge in [0.05, 0.1) is 4.83 Å². The molecule has 1 N–H and O–H groups in total. The number of benzene rings is 4. The highest BCUT2D eigenvalue weighted by Crippen LogP contribution is 2.40. The van der Waals surface area contributed by atoms with Crippen LogP contribution in [0.15, 0.2) is 103 Å². The smallest absolute Gasteiger partial charge is 0.346 e. The number of thiophene rings is 1. The van der Waals surface area contributed by atoms with Crippen LogP contribution in [0.4, 0.5) is 0 Å². The first-order valence-electron chi connectivity index (χ1n) is 11.8. The van der Waals surface area contributed by atoms with Gasteiger partial charge in [-0.05, 0) is 47.4 Å². The van der Waals surface area contributed by atoms with Gasteiger partial charge < -0.3 is 9.84 Å². The maximum atomic E-state index is 11.4. The van der Waals surface area contributed by atoms with Gasteiger partial charge in [0.25, 0.3) is 0 Å². The lowest BCUT2D eigenvalue weighted by atomic mass is 9.96. The fourth-order valence-corrected chi connectivity index (χ4v) is 5.96. The molecule has 0 aliphatic rings. The molecule has 0 radical (unpaired) electrons. The molecule has 5 aromatic rings. The predicted molar refractivity (Wildman–Crippen MR) is 152 cm³/mol. The molecular weight excluding hydrogens is 532 g/mol. The summed E-state index contributed by atoms with van der Waals surface area (Å²) in [4.78, 5) is 12.5. The first-order valence-corrected chi connectivity index (χ1v) is 13.5. The van der Waals surface area contributed by atoms with Crippen LogP contribution in [0.3, 0.4) is 0 Å². The van der Waals surface area contributed by atoms with Crippen molar-refractivity contribution in [2.24, 2.45) is 0 Å². The van der Waals surface area contributed by atoms with Gasteiger partial charge in [0.2, 0.25) is 6.10 Å². The quantitative estimate of drug-likeness (QED) is 0.195. The van der Waals surface area contributed by atoms with Crippen molar-refractivity contribution in [1.29, 1.82) is 0 Å². The van der Waals surface area contributed by atoms with Crippen molar-refractivity contribution in [3.05, 3.63) is 114 Å². The molecule has 0 bridgehead atoms. The first-order chi connectivity index (χ1) is 17.5. The van der Waals surface area contributed by atoms with E-state index in [4.69, 9.17) is 4.74 Å². The molecule has 36 heavy (non-hydrogen) atoms. The second kappa shape index (κ2) is 10.7. The lowest BCUT2D eigenvalue weighted by molar-refractivity contribution is -0.144. The Kier molecular flexibility index (Phi) is 7.21. The van der Waals surface area contributed by atoms with E-state index in [1.54, 1.807) is 6.92 Å². The van der Waals surface area contributed by atoms with Crippen LogP contribution in [0.2, 0.25) is 0 Å². The molecule has 4 aromatic carbocycles. The van der Waals surface area contributed by atoms with E-state index >= 15 is 0 Å². The summed E-state index contributed by atoms with van der Waals surface area (Å²) in [6, 6.07) is 35.4. The fourth-order valence-electron chi connectivity index (χ4n) is 4.36.